The summed E-state index contributed by atoms with van der Waals surface area (Å²) < 4.78 is 47.0. The molecule has 174 valence electrons. The normalized spacial score (nSPS) is 20.8. The third-order valence-corrected chi connectivity index (χ3v) is 6.46. The van der Waals surface area contributed by atoms with E-state index in [1.807, 2.05) is 18.5 Å². The fraction of sp³-hybridized carbons (Fsp3) is 0.250. The van der Waals surface area contributed by atoms with E-state index in [1.165, 1.54) is 0 Å². The van der Waals surface area contributed by atoms with Crippen LogP contribution in [0.15, 0.2) is 70.5 Å². The largest absolute Gasteiger partial charge is 0.360 e. The highest BCUT2D eigenvalue weighted by Crippen LogP contribution is 2.44. The molecule has 1 atom stereocenters. The second-order valence-corrected chi connectivity index (χ2v) is 8.35. The van der Waals surface area contributed by atoms with Gasteiger partial charge in [0.2, 0.25) is 0 Å². The molecule has 34 heavy (non-hydrogen) atoms. The SMILES string of the molecule is COC1CN2CCN1C1=C2N(c2ccnc(Nc3ccc(F)c(F)c3F)c2)C=C2CC=NC=C21. The molecule has 1 unspecified atom stereocenters. The molecule has 0 radical (unpaired) electrons. The van der Waals surface area contributed by atoms with Gasteiger partial charge in [-0.05, 0) is 23.8 Å². The van der Waals surface area contributed by atoms with Crippen LogP contribution in [0.3, 0.4) is 0 Å². The van der Waals surface area contributed by atoms with Crippen molar-refractivity contribution in [3.63, 3.8) is 0 Å². The molecular formula is C24H21F3N6O. The predicted octanol–water partition coefficient (Wildman–Crippen LogP) is 4.08. The van der Waals surface area contributed by atoms with Crippen LogP contribution < -0.4 is 10.2 Å². The molecule has 1 fully saturated rings. The lowest BCUT2D eigenvalue weighted by atomic mass is 9.93. The van der Waals surface area contributed by atoms with E-state index in [9.17, 15) is 13.2 Å². The van der Waals surface area contributed by atoms with Crippen molar-refractivity contribution in [3.05, 3.63) is 83.0 Å². The molecule has 5 aliphatic rings. The maximum absolute atomic E-state index is 14.2. The monoisotopic (exact) mass is 466 g/mol. The van der Waals surface area contributed by atoms with Crippen LogP contribution in [-0.2, 0) is 4.74 Å². The van der Waals surface area contributed by atoms with Gasteiger partial charge < -0.3 is 24.8 Å². The molecule has 1 aromatic carbocycles. The van der Waals surface area contributed by atoms with Gasteiger partial charge in [-0.3, -0.25) is 4.99 Å². The number of benzene rings is 1. The lowest BCUT2D eigenvalue weighted by molar-refractivity contribution is -0.0730. The van der Waals surface area contributed by atoms with Crippen molar-refractivity contribution in [1.29, 1.82) is 0 Å². The number of hydrogen-bond acceptors (Lipinski definition) is 7. The molecule has 1 aromatic heterocycles. The van der Waals surface area contributed by atoms with Crippen molar-refractivity contribution in [2.45, 2.75) is 12.6 Å². The first kappa shape index (κ1) is 20.8. The quantitative estimate of drug-likeness (QED) is 0.686. The zero-order chi connectivity index (χ0) is 23.4. The number of methoxy groups -OCH3 is 1. The molecule has 2 bridgehead atoms. The molecule has 5 aliphatic heterocycles. The number of hydrogen-bond donors (Lipinski definition) is 1. The van der Waals surface area contributed by atoms with Gasteiger partial charge in [-0.25, -0.2) is 18.2 Å². The summed E-state index contributed by atoms with van der Waals surface area (Å²) in [5.74, 6) is -2.73. The van der Waals surface area contributed by atoms with Gasteiger partial charge in [0.1, 0.15) is 17.9 Å². The number of allylic oxidation sites excluding steroid dienone is 1. The van der Waals surface area contributed by atoms with Crippen LogP contribution >= 0.6 is 0 Å². The average Bonchev–Trinajstić information content (AvgIpc) is 2.88. The number of nitrogens with zero attached hydrogens (tertiary/aromatic N) is 5. The first-order valence-corrected chi connectivity index (χ1v) is 10.9. The molecule has 7 nitrogen and oxygen atoms in total. The van der Waals surface area contributed by atoms with E-state index in [0.29, 0.717) is 12.2 Å². The highest BCUT2D eigenvalue weighted by atomic mass is 19.2. The van der Waals surface area contributed by atoms with Crippen LogP contribution in [0.2, 0.25) is 0 Å². The van der Waals surface area contributed by atoms with Gasteiger partial charge in [-0.1, -0.05) is 0 Å². The van der Waals surface area contributed by atoms with Gasteiger partial charge in [0, 0.05) is 63.1 Å². The van der Waals surface area contributed by atoms with Gasteiger partial charge in [-0.2, -0.15) is 0 Å². The number of piperazine rings is 1. The molecule has 10 heteroatoms. The van der Waals surface area contributed by atoms with Crippen molar-refractivity contribution < 1.29 is 17.9 Å². The van der Waals surface area contributed by atoms with Crippen LogP contribution in [0.4, 0.5) is 30.4 Å². The Hall–Kier alpha value is -3.79. The van der Waals surface area contributed by atoms with Gasteiger partial charge in [0.15, 0.2) is 17.5 Å². The maximum Gasteiger partial charge on any atom is 0.196 e. The Morgan fingerprint density at radius 1 is 1.12 bits per heavy atom. The Bertz CT molecular complexity index is 1300. The Balaban J connectivity index is 1.41. The lowest BCUT2D eigenvalue weighted by Gasteiger charge is -2.54. The Labute approximate surface area is 194 Å². The fourth-order valence-electron chi connectivity index (χ4n) is 4.84. The second-order valence-electron chi connectivity index (χ2n) is 8.35. The summed E-state index contributed by atoms with van der Waals surface area (Å²) in [5, 5.41) is 2.77. The van der Waals surface area contributed by atoms with Crippen LogP contribution in [0.5, 0.6) is 0 Å². The summed E-state index contributed by atoms with van der Waals surface area (Å²) >= 11 is 0. The standard InChI is InChI=1S/C24H21F3N6O/c1-34-20-13-31-8-9-32(20)23-16-11-28-6-4-14(16)12-33(24(23)31)15-5-7-29-19(10-15)30-18-3-2-17(25)21(26)22(18)27/h2-3,5-7,10-12,20H,4,8-9,13H2,1H3,(H,29,30). The summed E-state index contributed by atoms with van der Waals surface area (Å²) in [6.45, 7) is 2.42. The first-order valence-electron chi connectivity index (χ1n) is 10.9. The highest BCUT2D eigenvalue weighted by molar-refractivity contribution is 5.75. The van der Waals surface area contributed by atoms with Crippen LogP contribution in [-0.4, -0.2) is 54.0 Å². The third kappa shape index (κ3) is 3.17. The molecule has 0 amide bonds. The topological polar surface area (TPSA) is 56.2 Å². The van der Waals surface area contributed by atoms with Crippen LogP contribution in [0, 0.1) is 17.5 Å². The van der Waals surface area contributed by atoms with Crippen molar-refractivity contribution >= 4 is 23.4 Å². The van der Waals surface area contributed by atoms with Crippen molar-refractivity contribution in [2.24, 2.45) is 4.99 Å². The molecule has 0 spiro atoms. The Morgan fingerprint density at radius 3 is 2.85 bits per heavy atom. The highest BCUT2D eigenvalue weighted by Gasteiger charge is 2.43. The zero-order valence-electron chi connectivity index (χ0n) is 18.3. The molecule has 6 heterocycles. The van der Waals surface area contributed by atoms with E-state index in [2.05, 4.69) is 36.2 Å². The summed E-state index contributed by atoms with van der Waals surface area (Å²) in [7, 11) is 1.72. The summed E-state index contributed by atoms with van der Waals surface area (Å²) in [6, 6.07) is 5.63. The number of halogens is 3. The molecule has 2 aromatic rings. The first-order chi connectivity index (χ1) is 16.5. The number of ether oxygens (including phenoxy) is 1. The van der Waals surface area contributed by atoms with Gasteiger partial charge in [0.05, 0.1) is 23.6 Å². The number of aliphatic imine (C=N–C) groups is 1. The van der Waals surface area contributed by atoms with Crippen molar-refractivity contribution in [3.8, 4) is 0 Å². The minimum absolute atomic E-state index is 0.0495. The third-order valence-electron chi connectivity index (χ3n) is 6.46. The van der Waals surface area contributed by atoms with Gasteiger partial charge in [0.25, 0.3) is 0 Å². The number of aromatic nitrogens is 1. The number of fused-ring (bicyclic) bond motifs is 3. The smallest absolute Gasteiger partial charge is 0.196 e. The zero-order valence-corrected chi connectivity index (χ0v) is 18.3. The van der Waals surface area contributed by atoms with E-state index in [-0.39, 0.29) is 11.9 Å². The van der Waals surface area contributed by atoms with E-state index in [1.54, 1.807) is 19.4 Å². The second kappa shape index (κ2) is 7.91. The average molecular weight is 466 g/mol. The number of rotatable bonds is 4. The van der Waals surface area contributed by atoms with E-state index in [4.69, 9.17) is 4.74 Å². The molecule has 7 rings (SSSR count). The predicted molar refractivity (Wildman–Crippen MR) is 122 cm³/mol. The Morgan fingerprint density at radius 2 is 2.00 bits per heavy atom. The fourth-order valence-corrected chi connectivity index (χ4v) is 4.84. The van der Waals surface area contributed by atoms with Crippen LogP contribution in [0.25, 0.3) is 0 Å². The van der Waals surface area contributed by atoms with Gasteiger partial charge >= 0.3 is 0 Å². The van der Waals surface area contributed by atoms with Gasteiger partial charge in [-0.15, -0.1) is 0 Å². The minimum atomic E-state index is -1.53. The molecule has 1 N–H and O–H groups in total. The molecule has 0 aliphatic carbocycles. The van der Waals surface area contributed by atoms with E-state index in [0.717, 1.165) is 60.1 Å². The summed E-state index contributed by atoms with van der Waals surface area (Å²) in [6.07, 6.45) is 8.08. The van der Waals surface area contributed by atoms with Crippen molar-refractivity contribution in [1.82, 2.24) is 14.8 Å². The maximum atomic E-state index is 14.2. The summed E-state index contributed by atoms with van der Waals surface area (Å²) in [5.41, 5.74) is 3.87. The number of anilines is 3. The number of pyridine rings is 1. The molecule has 1 saturated heterocycles. The molecule has 0 saturated carbocycles. The van der Waals surface area contributed by atoms with E-state index < -0.39 is 17.5 Å². The minimum Gasteiger partial charge on any atom is -0.360 e. The van der Waals surface area contributed by atoms with Crippen molar-refractivity contribution in [2.75, 3.05) is 37.0 Å². The van der Waals surface area contributed by atoms with Crippen LogP contribution in [0.1, 0.15) is 6.42 Å². The lowest BCUT2D eigenvalue weighted by Crippen LogP contribution is -2.61. The summed E-state index contributed by atoms with van der Waals surface area (Å²) in [4.78, 5) is 15.3. The number of nitrogens with one attached hydrogen (secondary N) is 1. The Kier molecular flexibility index (Phi) is 4.84. The van der Waals surface area contributed by atoms with E-state index >= 15 is 0 Å². The molecular weight excluding hydrogens is 445 g/mol.